The molecule has 0 N–H and O–H groups in total. The lowest BCUT2D eigenvalue weighted by Crippen LogP contribution is -2.17. The number of hydrogen-bond donors (Lipinski definition) is 0. The second-order valence-corrected chi connectivity index (χ2v) is 12.3. The van der Waals surface area contributed by atoms with Crippen molar-refractivity contribution in [2.45, 2.75) is 65.8 Å². The highest BCUT2D eigenvalue weighted by atomic mass is 79.9. The fourth-order valence-corrected chi connectivity index (χ4v) is 5.42. The highest BCUT2D eigenvalue weighted by molar-refractivity contribution is 9.10. The Balaban J connectivity index is 2.05. The van der Waals surface area contributed by atoms with Crippen LogP contribution in [0, 0.1) is 0 Å². The van der Waals surface area contributed by atoms with E-state index >= 15 is 0 Å². The third kappa shape index (κ3) is 4.00. The number of fused-ring (bicyclic) bond motifs is 3. The van der Waals surface area contributed by atoms with E-state index in [4.69, 9.17) is 0 Å². The van der Waals surface area contributed by atoms with Crippen LogP contribution in [0.5, 0.6) is 0 Å². The molecule has 31 heavy (non-hydrogen) atoms. The molecule has 0 spiro atoms. The van der Waals surface area contributed by atoms with E-state index in [1.165, 1.54) is 44.1 Å². The molecule has 0 atom stereocenters. The molecule has 0 unspecified atom stereocenters. The molecule has 162 valence electrons. The zero-order valence-corrected chi connectivity index (χ0v) is 22.7. The van der Waals surface area contributed by atoms with E-state index in [0.717, 1.165) is 15.5 Å². The second-order valence-electron chi connectivity index (χ2n) is 10.5. The summed E-state index contributed by atoms with van der Waals surface area (Å²) >= 11 is 7.58. The van der Waals surface area contributed by atoms with Gasteiger partial charge in [-0.3, -0.25) is 0 Å². The summed E-state index contributed by atoms with van der Waals surface area (Å²) in [5, 5.41) is 2.58. The van der Waals surface area contributed by atoms with Crippen LogP contribution in [0.4, 0.5) is 0 Å². The molecule has 0 aliphatic rings. The van der Waals surface area contributed by atoms with E-state index < -0.39 is 0 Å². The van der Waals surface area contributed by atoms with Crippen LogP contribution in [0.3, 0.4) is 0 Å². The highest BCUT2D eigenvalue weighted by Crippen LogP contribution is 2.42. The molecule has 0 fully saturated rings. The maximum atomic E-state index is 3.93. The monoisotopic (exact) mass is 539 g/mol. The zero-order valence-electron chi connectivity index (χ0n) is 19.5. The Morgan fingerprint density at radius 1 is 0.710 bits per heavy atom. The standard InChI is InChI=1S/C28H31Br2N/c1-8-31-25-12-10-18(29)14-21(25)22-15-24(30)20(16-26(22)31)19-11-9-17(27(2,3)4)13-23(19)28(5,6)7/h9-16H,8H2,1-7H3. The van der Waals surface area contributed by atoms with Gasteiger partial charge in [-0.05, 0) is 70.3 Å². The van der Waals surface area contributed by atoms with Gasteiger partial charge in [-0.25, -0.2) is 0 Å². The van der Waals surface area contributed by atoms with Gasteiger partial charge in [-0.2, -0.15) is 0 Å². The Kier molecular flexibility index (Phi) is 5.67. The van der Waals surface area contributed by atoms with Crippen LogP contribution in [-0.2, 0) is 17.4 Å². The Morgan fingerprint density at radius 2 is 1.39 bits per heavy atom. The van der Waals surface area contributed by atoms with Crippen LogP contribution in [-0.4, -0.2) is 4.57 Å². The third-order valence-electron chi connectivity index (χ3n) is 6.22. The molecule has 1 aromatic heterocycles. The summed E-state index contributed by atoms with van der Waals surface area (Å²) in [6, 6.07) is 18.3. The number of aromatic nitrogens is 1. The molecule has 0 saturated carbocycles. The normalized spacial score (nSPS) is 12.8. The molecule has 0 radical (unpaired) electrons. The van der Waals surface area contributed by atoms with Crippen molar-refractivity contribution in [2.24, 2.45) is 0 Å². The molecule has 0 amide bonds. The van der Waals surface area contributed by atoms with Crippen molar-refractivity contribution in [2.75, 3.05) is 0 Å². The van der Waals surface area contributed by atoms with E-state index in [1.54, 1.807) is 0 Å². The van der Waals surface area contributed by atoms with E-state index in [0.29, 0.717) is 0 Å². The lowest BCUT2D eigenvalue weighted by atomic mass is 9.77. The fraction of sp³-hybridized carbons (Fsp3) is 0.357. The van der Waals surface area contributed by atoms with Crippen LogP contribution < -0.4 is 0 Å². The van der Waals surface area contributed by atoms with E-state index in [1.807, 2.05) is 0 Å². The molecule has 1 heterocycles. The first kappa shape index (κ1) is 22.6. The SMILES string of the molecule is CCn1c2ccc(Br)cc2c2cc(Br)c(-c3ccc(C(C)(C)C)cc3C(C)(C)C)cc21. The summed E-state index contributed by atoms with van der Waals surface area (Å²) < 4.78 is 4.68. The van der Waals surface area contributed by atoms with E-state index in [2.05, 4.69) is 133 Å². The Labute approximate surface area is 203 Å². The summed E-state index contributed by atoms with van der Waals surface area (Å²) in [5.41, 5.74) is 8.08. The average molecular weight is 541 g/mol. The summed E-state index contributed by atoms with van der Waals surface area (Å²) in [7, 11) is 0. The Hall–Kier alpha value is -1.58. The highest BCUT2D eigenvalue weighted by Gasteiger charge is 2.24. The minimum Gasteiger partial charge on any atom is -0.341 e. The molecule has 0 saturated heterocycles. The zero-order chi connectivity index (χ0) is 22.7. The van der Waals surface area contributed by atoms with Crippen molar-refractivity contribution in [1.82, 2.24) is 4.57 Å². The van der Waals surface area contributed by atoms with Gasteiger partial charge in [0, 0.05) is 37.3 Å². The molecule has 4 rings (SSSR count). The number of hydrogen-bond acceptors (Lipinski definition) is 0. The van der Waals surface area contributed by atoms with Gasteiger partial charge in [0.25, 0.3) is 0 Å². The van der Waals surface area contributed by atoms with Crippen molar-refractivity contribution < 1.29 is 0 Å². The van der Waals surface area contributed by atoms with Gasteiger partial charge in [-0.1, -0.05) is 91.6 Å². The predicted molar refractivity (Wildman–Crippen MR) is 143 cm³/mol. The molecule has 3 aromatic carbocycles. The second kappa shape index (κ2) is 7.78. The van der Waals surface area contributed by atoms with Crippen LogP contribution in [0.1, 0.15) is 59.6 Å². The van der Waals surface area contributed by atoms with E-state index in [-0.39, 0.29) is 10.8 Å². The number of aryl methyl sites for hydroxylation is 1. The fourth-order valence-electron chi connectivity index (χ4n) is 4.50. The van der Waals surface area contributed by atoms with Crippen molar-refractivity contribution in [3.8, 4) is 11.1 Å². The molecule has 1 nitrogen and oxygen atoms in total. The lowest BCUT2D eigenvalue weighted by Gasteiger charge is -2.28. The smallest absolute Gasteiger partial charge is 0.0498 e. The first-order valence-electron chi connectivity index (χ1n) is 11.0. The van der Waals surface area contributed by atoms with Gasteiger partial charge in [-0.15, -0.1) is 0 Å². The number of rotatable bonds is 2. The Morgan fingerprint density at radius 3 is 2.00 bits per heavy atom. The number of benzene rings is 3. The van der Waals surface area contributed by atoms with Crippen LogP contribution >= 0.6 is 31.9 Å². The predicted octanol–water partition coefficient (Wildman–Crippen LogP) is 9.60. The molecular formula is C28H31Br2N. The van der Waals surface area contributed by atoms with Gasteiger partial charge in [0.2, 0.25) is 0 Å². The van der Waals surface area contributed by atoms with Crippen LogP contribution in [0.15, 0.2) is 57.5 Å². The first-order chi connectivity index (χ1) is 14.4. The summed E-state index contributed by atoms with van der Waals surface area (Å²) in [5.74, 6) is 0. The van der Waals surface area contributed by atoms with Gasteiger partial charge >= 0.3 is 0 Å². The number of nitrogens with zero attached hydrogens (tertiary/aromatic N) is 1. The molecule has 0 aliphatic carbocycles. The summed E-state index contributed by atoms with van der Waals surface area (Å²) in [6.07, 6.45) is 0. The lowest BCUT2D eigenvalue weighted by molar-refractivity contribution is 0.570. The van der Waals surface area contributed by atoms with Crippen molar-refractivity contribution in [3.63, 3.8) is 0 Å². The minimum atomic E-state index is 0.0489. The van der Waals surface area contributed by atoms with Gasteiger partial charge in [0.15, 0.2) is 0 Å². The first-order valence-corrected chi connectivity index (χ1v) is 12.6. The topological polar surface area (TPSA) is 4.93 Å². The molecule has 0 bridgehead atoms. The minimum absolute atomic E-state index is 0.0489. The third-order valence-corrected chi connectivity index (χ3v) is 7.37. The van der Waals surface area contributed by atoms with Crippen molar-refractivity contribution in [1.29, 1.82) is 0 Å². The van der Waals surface area contributed by atoms with E-state index in [9.17, 15) is 0 Å². The molecule has 3 heteroatoms. The van der Waals surface area contributed by atoms with Gasteiger partial charge < -0.3 is 4.57 Å². The molecular weight excluding hydrogens is 510 g/mol. The Bertz CT molecular complexity index is 1300. The molecule has 4 aromatic rings. The van der Waals surface area contributed by atoms with Crippen molar-refractivity contribution in [3.05, 3.63) is 68.6 Å². The van der Waals surface area contributed by atoms with Gasteiger partial charge in [0.1, 0.15) is 0 Å². The van der Waals surface area contributed by atoms with Crippen molar-refractivity contribution >= 4 is 53.7 Å². The maximum absolute atomic E-state index is 3.93. The summed E-state index contributed by atoms with van der Waals surface area (Å²) in [4.78, 5) is 0. The maximum Gasteiger partial charge on any atom is 0.0498 e. The van der Waals surface area contributed by atoms with Gasteiger partial charge in [0.05, 0.1) is 0 Å². The summed E-state index contributed by atoms with van der Waals surface area (Å²) in [6.45, 7) is 17.0. The molecule has 0 aliphatic heterocycles. The van der Waals surface area contributed by atoms with Crippen LogP contribution in [0.25, 0.3) is 32.9 Å². The average Bonchev–Trinajstić information content (AvgIpc) is 2.97. The quantitative estimate of drug-likeness (QED) is 0.238. The number of halogens is 2. The largest absolute Gasteiger partial charge is 0.341 e. The van der Waals surface area contributed by atoms with Crippen LogP contribution in [0.2, 0.25) is 0 Å².